The van der Waals surface area contributed by atoms with Gasteiger partial charge in [-0.1, -0.05) is 6.07 Å². The Morgan fingerprint density at radius 1 is 1.06 bits per heavy atom. The van der Waals surface area contributed by atoms with Gasteiger partial charge in [-0.3, -0.25) is 0 Å². The predicted octanol–water partition coefficient (Wildman–Crippen LogP) is 3.10. The minimum absolute atomic E-state index is 0.269. The third kappa shape index (κ3) is 2.49. The van der Waals surface area contributed by atoms with E-state index in [0.29, 0.717) is 16.9 Å². The first-order valence-electron chi connectivity index (χ1n) is 5.47. The molecular formula is C14H13F2NO. The van der Waals surface area contributed by atoms with Crippen molar-refractivity contribution in [2.24, 2.45) is 5.73 Å². The van der Waals surface area contributed by atoms with E-state index in [0.717, 1.165) is 11.6 Å². The van der Waals surface area contributed by atoms with Crippen molar-refractivity contribution < 1.29 is 13.5 Å². The molecule has 0 amide bonds. The van der Waals surface area contributed by atoms with Crippen LogP contribution in [0.2, 0.25) is 0 Å². The van der Waals surface area contributed by atoms with E-state index in [1.807, 2.05) is 0 Å². The molecule has 0 spiro atoms. The van der Waals surface area contributed by atoms with Gasteiger partial charge in [0.15, 0.2) is 0 Å². The van der Waals surface area contributed by atoms with Gasteiger partial charge in [0.1, 0.15) is 17.4 Å². The number of nitrogens with two attached hydrogens (primary N) is 1. The van der Waals surface area contributed by atoms with Crippen LogP contribution in [0.5, 0.6) is 5.75 Å². The molecule has 2 rings (SSSR count). The molecule has 0 saturated heterocycles. The Morgan fingerprint density at radius 2 is 1.72 bits per heavy atom. The molecule has 0 aliphatic rings. The summed E-state index contributed by atoms with van der Waals surface area (Å²) in [4.78, 5) is 0. The summed E-state index contributed by atoms with van der Waals surface area (Å²) in [5.74, 6) is -0.552. The van der Waals surface area contributed by atoms with Gasteiger partial charge in [0.2, 0.25) is 0 Å². The predicted molar refractivity (Wildman–Crippen MR) is 66.2 cm³/mol. The van der Waals surface area contributed by atoms with Gasteiger partial charge in [-0.15, -0.1) is 0 Å². The minimum Gasteiger partial charge on any atom is -0.497 e. The maximum absolute atomic E-state index is 13.2. The molecule has 0 fully saturated rings. The second-order valence-corrected chi connectivity index (χ2v) is 3.89. The van der Waals surface area contributed by atoms with Crippen molar-refractivity contribution in [2.45, 2.75) is 6.54 Å². The van der Waals surface area contributed by atoms with Gasteiger partial charge < -0.3 is 10.5 Å². The Hall–Kier alpha value is -1.94. The lowest BCUT2D eigenvalue weighted by Crippen LogP contribution is -2.00. The lowest BCUT2D eigenvalue weighted by atomic mass is 9.99. The fourth-order valence-electron chi connectivity index (χ4n) is 1.86. The monoisotopic (exact) mass is 249 g/mol. The Bertz CT molecular complexity index is 549. The van der Waals surface area contributed by atoms with Crippen LogP contribution in [-0.4, -0.2) is 7.11 Å². The average Bonchev–Trinajstić information content (AvgIpc) is 2.36. The standard InChI is InChI=1S/C14H13F2NO/c1-18-13-2-3-14(10(6-13)8-17)9-4-11(15)7-12(16)5-9/h2-7H,8,17H2,1H3. The average molecular weight is 249 g/mol. The van der Waals surface area contributed by atoms with E-state index < -0.39 is 11.6 Å². The fraction of sp³-hybridized carbons (Fsp3) is 0.143. The third-order valence-corrected chi connectivity index (χ3v) is 2.71. The topological polar surface area (TPSA) is 35.2 Å². The molecule has 2 aromatic rings. The zero-order chi connectivity index (χ0) is 13.1. The van der Waals surface area contributed by atoms with Crippen LogP contribution in [0.25, 0.3) is 11.1 Å². The van der Waals surface area contributed by atoms with Gasteiger partial charge in [-0.25, -0.2) is 8.78 Å². The van der Waals surface area contributed by atoms with E-state index in [9.17, 15) is 8.78 Å². The highest BCUT2D eigenvalue weighted by Gasteiger charge is 2.08. The number of rotatable bonds is 3. The van der Waals surface area contributed by atoms with Crippen LogP contribution in [0.15, 0.2) is 36.4 Å². The molecule has 2 N–H and O–H groups in total. The van der Waals surface area contributed by atoms with E-state index in [1.165, 1.54) is 12.1 Å². The van der Waals surface area contributed by atoms with Crippen LogP contribution in [0, 0.1) is 11.6 Å². The van der Waals surface area contributed by atoms with Crippen LogP contribution in [0.4, 0.5) is 8.78 Å². The Balaban J connectivity index is 2.55. The molecule has 0 aliphatic heterocycles. The number of hydrogen-bond donors (Lipinski definition) is 1. The summed E-state index contributed by atoms with van der Waals surface area (Å²) < 4.78 is 31.5. The molecular weight excluding hydrogens is 236 g/mol. The first-order valence-corrected chi connectivity index (χ1v) is 5.47. The lowest BCUT2D eigenvalue weighted by Gasteiger charge is -2.10. The zero-order valence-electron chi connectivity index (χ0n) is 9.91. The molecule has 2 aromatic carbocycles. The third-order valence-electron chi connectivity index (χ3n) is 2.71. The van der Waals surface area contributed by atoms with E-state index >= 15 is 0 Å². The summed E-state index contributed by atoms with van der Waals surface area (Å²) in [5, 5.41) is 0. The van der Waals surface area contributed by atoms with Crippen molar-refractivity contribution in [3.05, 3.63) is 53.6 Å². The highest BCUT2D eigenvalue weighted by molar-refractivity contribution is 5.68. The molecule has 2 nitrogen and oxygen atoms in total. The van der Waals surface area contributed by atoms with Crippen LogP contribution >= 0.6 is 0 Å². The molecule has 0 aromatic heterocycles. The zero-order valence-corrected chi connectivity index (χ0v) is 9.91. The smallest absolute Gasteiger partial charge is 0.126 e. The van der Waals surface area contributed by atoms with Crippen LogP contribution < -0.4 is 10.5 Å². The molecule has 0 unspecified atom stereocenters. The van der Waals surface area contributed by atoms with Gasteiger partial charge in [0.05, 0.1) is 7.11 Å². The molecule has 0 saturated carbocycles. The highest BCUT2D eigenvalue weighted by atomic mass is 19.1. The minimum atomic E-state index is -0.608. The van der Waals surface area contributed by atoms with Crippen molar-refractivity contribution in [3.8, 4) is 16.9 Å². The van der Waals surface area contributed by atoms with Gasteiger partial charge in [-0.2, -0.15) is 0 Å². The van der Waals surface area contributed by atoms with Crippen molar-refractivity contribution in [1.82, 2.24) is 0 Å². The molecule has 0 heterocycles. The largest absolute Gasteiger partial charge is 0.497 e. The maximum Gasteiger partial charge on any atom is 0.126 e. The molecule has 94 valence electrons. The fourth-order valence-corrected chi connectivity index (χ4v) is 1.86. The Labute approximate surface area is 104 Å². The first kappa shape index (κ1) is 12.5. The molecule has 4 heteroatoms. The molecule has 0 bridgehead atoms. The van der Waals surface area contributed by atoms with E-state index in [2.05, 4.69) is 0 Å². The van der Waals surface area contributed by atoms with Crippen molar-refractivity contribution in [2.75, 3.05) is 7.11 Å². The Morgan fingerprint density at radius 3 is 2.28 bits per heavy atom. The van der Waals surface area contributed by atoms with Gasteiger partial charge >= 0.3 is 0 Å². The molecule has 0 atom stereocenters. The van der Waals surface area contributed by atoms with E-state index in [4.69, 9.17) is 10.5 Å². The number of halogens is 2. The number of methoxy groups -OCH3 is 1. The summed E-state index contributed by atoms with van der Waals surface area (Å²) in [6.07, 6.45) is 0. The van der Waals surface area contributed by atoms with Crippen LogP contribution in [0.3, 0.4) is 0 Å². The normalized spacial score (nSPS) is 10.4. The molecule has 18 heavy (non-hydrogen) atoms. The lowest BCUT2D eigenvalue weighted by molar-refractivity contribution is 0.414. The second-order valence-electron chi connectivity index (χ2n) is 3.89. The number of ether oxygens (including phenoxy) is 1. The molecule has 0 radical (unpaired) electrons. The van der Waals surface area contributed by atoms with Crippen molar-refractivity contribution in [3.63, 3.8) is 0 Å². The second kappa shape index (κ2) is 5.14. The summed E-state index contributed by atoms with van der Waals surface area (Å²) in [6.45, 7) is 0.269. The summed E-state index contributed by atoms with van der Waals surface area (Å²) >= 11 is 0. The Kier molecular flexibility index (Phi) is 3.58. The summed E-state index contributed by atoms with van der Waals surface area (Å²) in [7, 11) is 1.55. The van der Waals surface area contributed by atoms with E-state index in [1.54, 1.807) is 25.3 Å². The van der Waals surface area contributed by atoms with E-state index in [-0.39, 0.29) is 6.54 Å². The van der Waals surface area contributed by atoms with Crippen molar-refractivity contribution >= 4 is 0 Å². The quantitative estimate of drug-likeness (QED) is 0.907. The van der Waals surface area contributed by atoms with Gasteiger partial charge in [-0.05, 0) is 41.0 Å². The summed E-state index contributed by atoms with van der Waals surface area (Å²) in [6, 6.07) is 8.65. The maximum atomic E-state index is 13.2. The van der Waals surface area contributed by atoms with Crippen molar-refractivity contribution in [1.29, 1.82) is 0 Å². The highest BCUT2D eigenvalue weighted by Crippen LogP contribution is 2.28. The van der Waals surface area contributed by atoms with Crippen LogP contribution in [0.1, 0.15) is 5.56 Å². The van der Waals surface area contributed by atoms with Crippen LogP contribution in [-0.2, 0) is 6.54 Å². The molecule has 0 aliphatic carbocycles. The number of benzene rings is 2. The van der Waals surface area contributed by atoms with Gasteiger partial charge in [0.25, 0.3) is 0 Å². The first-order chi connectivity index (χ1) is 8.63. The SMILES string of the molecule is COc1ccc(-c2cc(F)cc(F)c2)c(CN)c1. The number of hydrogen-bond acceptors (Lipinski definition) is 2. The van der Waals surface area contributed by atoms with Gasteiger partial charge in [0, 0.05) is 12.6 Å². The summed E-state index contributed by atoms with van der Waals surface area (Å²) in [5.41, 5.74) is 7.60.